The summed E-state index contributed by atoms with van der Waals surface area (Å²) in [6, 6.07) is 6.69. The van der Waals surface area contributed by atoms with Crippen LogP contribution in [0.1, 0.15) is 84.9 Å². The molecule has 5 heteroatoms. The van der Waals surface area contributed by atoms with Crippen LogP contribution in [0.2, 0.25) is 0 Å². The van der Waals surface area contributed by atoms with E-state index >= 15 is 0 Å². The number of hydrogen-bond acceptors (Lipinski definition) is 2. The molecule has 1 heterocycles. The van der Waals surface area contributed by atoms with Crippen molar-refractivity contribution in [3.05, 3.63) is 47.0 Å². The van der Waals surface area contributed by atoms with Crippen molar-refractivity contribution in [3.63, 3.8) is 0 Å². The van der Waals surface area contributed by atoms with Crippen molar-refractivity contribution in [2.45, 2.75) is 69.2 Å². The first-order chi connectivity index (χ1) is 12.7. The Labute approximate surface area is 152 Å². The van der Waals surface area contributed by atoms with E-state index in [4.69, 9.17) is 5.10 Å². The Hall–Kier alpha value is -2.17. The normalized spacial score (nSPS) is 24.7. The summed E-state index contributed by atoms with van der Waals surface area (Å²) >= 11 is 0. The van der Waals surface area contributed by atoms with Crippen LogP contribution < -0.4 is 5.32 Å². The number of aromatic nitrogens is 2. The van der Waals surface area contributed by atoms with Crippen LogP contribution in [0.25, 0.3) is 5.69 Å². The van der Waals surface area contributed by atoms with Gasteiger partial charge < -0.3 is 5.32 Å². The molecule has 0 unspecified atom stereocenters. The molecule has 0 spiro atoms. The Bertz CT molecular complexity index is 836. The molecule has 1 aromatic carbocycles. The Kier molecular flexibility index (Phi) is 3.84. The molecule has 0 aliphatic heterocycles. The summed E-state index contributed by atoms with van der Waals surface area (Å²) in [7, 11) is 0. The number of fused-ring (bicyclic) bond motifs is 5. The van der Waals surface area contributed by atoms with Crippen LogP contribution in [0.4, 0.5) is 4.39 Å². The number of hydrogen-bond donors (Lipinski definition) is 1. The van der Waals surface area contributed by atoms with Gasteiger partial charge in [0, 0.05) is 17.5 Å². The van der Waals surface area contributed by atoms with Crippen LogP contribution in [0.15, 0.2) is 24.3 Å². The molecule has 4 nitrogen and oxygen atoms in total. The summed E-state index contributed by atoms with van der Waals surface area (Å²) in [5.74, 6) is 0.649. The minimum atomic E-state index is -0.255. The molecule has 0 radical (unpaired) electrons. The second-order valence-electron chi connectivity index (χ2n) is 8.05. The summed E-state index contributed by atoms with van der Waals surface area (Å²) < 4.78 is 15.2. The molecular weight excluding hydrogens is 329 g/mol. The van der Waals surface area contributed by atoms with Crippen molar-refractivity contribution >= 4 is 5.91 Å². The lowest BCUT2D eigenvalue weighted by Crippen LogP contribution is -2.36. The zero-order valence-electron chi connectivity index (χ0n) is 14.9. The maximum absolute atomic E-state index is 13.3. The van der Waals surface area contributed by atoms with Crippen LogP contribution in [0, 0.1) is 5.82 Å². The van der Waals surface area contributed by atoms with Gasteiger partial charge in [0.2, 0.25) is 0 Å². The third-order valence-electron chi connectivity index (χ3n) is 6.41. The van der Waals surface area contributed by atoms with Crippen molar-refractivity contribution in [2.75, 3.05) is 0 Å². The van der Waals surface area contributed by atoms with Gasteiger partial charge in [0.1, 0.15) is 5.82 Å². The van der Waals surface area contributed by atoms with Gasteiger partial charge in [-0.2, -0.15) is 5.10 Å². The summed E-state index contributed by atoms with van der Waals surface area (Å²) in [5.41, 5.74) is 3.77. The molecule has 3 aliphatic rings. The highest BCUT2D eigenvalue weighted by atomic mass is 19.1. The maximum Gasteiger partial charge on any atom is 0.272 e. The average Bonchev–Trinajstić information content (AvgIpc) is 3.36. The van der Waals surface area contributed by atoms with Crippen LogP contribution in [0.3, 0.4) is 0 Å². The number of rotatable bonds is 3. The molecule has 1 aromatic heterocycles. The SMILES string of the molecule is O=C(NC1CCCCC1)c1nn(-c2ccc(F)cc2)c2c1[C@H]1CC[C@H]2C1. The van der Waals surface area contributed by atoms with Gasteiger partial charge in [0.15, 0.2) is 5.69 Å². The fourth-order valence-corrected chi connectivity index (χ4v) is 5.18. The summed E-state index contributed by atoms with van der Waals surface area (Å²) in [5, 5.41) is 7.94. The van der Waals surface area contributed by atoms with Crippen molar-refractivity contribution in [1.82, 2.24) is 15.1 Å². The molecule has 26 heavy (non-hydrogen) atoms. The highest BCUT2D eigenvalue weighted by molar-refractivity contribution is 5.95. The lowest BCUT2D eigenvalue weighted by Gasteiger charge is -2.22. The molecule has 2 bridgehead atoms. The number of benzene rings is 1. The lowest BCUT2D eigenvalue weighted by atomic mass is 9.93. The largest absolute Gasteiger partial charge is 0.348 e. The molecule has 2 fully saturated rings. The van der Waals surface area contributed by atoms with E-state index in [9.17, 15) is 9.18 Å². The highest BCUT2D eigenvalue weighted by Gasteiger charge is 2.44. The molecule has 0 saturated heterocycles. The molecule has 2 atom stereocenters. The Morgan fingerprint density at radius 3 is 2.54 bits per heavy atom. The molecule has 2 aromatic rings. The fraction of sp³-hybridized carbons (Fsp3) is 0.524. The summed E-state index contributed by atoms with van der Waals surface area (Å²) in [6.45, 7) is 0. The second-order valence-corrected chi connectivity index (χ2v) is 8.05. The molecule has 1 N–H and O–H groups in total. The van der Waals surface area contributed by atoms with Gasteiger partial charge in [0.25, 0.3) is 5.91 Å². The molecular formula is C21H24FN3O. The van der Waals surface area contributed by atoms with Crippen molar-refractivity contribution < 1.29 is 9.18 Å². The number of carbonyl (C=O) groups excluding carboxylic acids is 1. The minimum absolute atomic E-state index is 0.0263. The van der Waals surface area contributed by atoms with E-state index in [1.54, 1.807) is 12.1 Å². The summed E-state index contributed by atoms with van der Waals surface area (Å²) in [6.07, 6.45) is 9.22. The van der Waals surface area contributed by atoms with Gasteiger partial charge in [-0.05, 0) is 62.3 Å². The number of nitrogens with one attached hydrogen (secondary N) is 1. The monoisotopic (exact) mass is 353 g/mol. The smallest absolute Gasteiger partial charge is 0.272 e. The van der Waals surface area contributed by atoms with Crippen LogP contribution in [-0.2, 0) is 0 Å². The predicted molar refractivity (Wildman–Crippen MR) is 97.2 cm³/mol. The first-order valence-corrected chi connectivity index (χ1v) is 9.90. The number of halogens is 1. The Balaban J connectivity index is 1.52. The van der Waals surface area contributed by atoms with E-state index in [1.807, 2.05) is 4.68 Å². The van der Waals surface area contributed by atoms with E-state index in [0.717, 1.165) is 43.4 Å². The molecule has 136 valence electrons. The predicted octanol–water partition coefficient (Wildman–Crippen LogP) is 4.44. The first-order valence-electron chi connectivity index (χ1n) is 9.90. The van der Waals surface area contributed by atoms with Gasteiger partial charge >= 0.3 is 0 Å². The van der Waals surface area contributed by atoms with E-state index < -0.39 is 0 Å². The van der Waals surface area contributed by atoms with Crippen LogP contribution in [0.5, 0.6) is 0 Å². The topological polar surface area (TPSA) is 46.9 Å². The lowest BCUT2D eigenvalue weighted by molar-refractivity contribution is 0.0921. The average molecular weight is 353 g/mol. The molecule has 3 aliphatic carbocycles. The standard InChI is InChI=1S/C21H24FN3O/c22-15-8-10-17(11-9-15)25-20-14-7-6-13(12-14)18(20)19(24-25)21(26)23-16-4-2-1-3-5-16/h8-11,13-14,16H,1-7,12H2,(H,23,26)/t13-,14-/m0/s1. The Morgan fingerprint density at radius 2 is 1.77 bits per heavy atom. The second kappa shape index (κ2) is 6.22. The van der Waals surface area contributed by atoms with Gasteiger partial charge in [-0.3, -0.25) is 4.79 Å². The van der Waals surface area contributed by atoms with Gasteiger partial charge in [-0.25, -0.2) is 9.07 Å². The van der Waals surface area contributed by atoms with E-state index in [2.05, 4.69) is 5.32 Å². The molecule has 5 rings (SSSR count). The van der Waals surface area contributed by atoms with E-state index in [-0.39, 0.29) is 17.8 Å². The first kappa shape index (κ1) is 16.0. The Morgan fingerprint density at radius 1 is 1.04 bits per heavy atom. The molecule has 2 saturated carbocycles. The van der Waals surface area contributed by atoms with Crippen LogP contribution >= 0.6 is 0 Å². The number of nitrogens with zero attached hydrogens (tertiary/aromatic N) is 2. The van der Waals surface area contributed by atoms with Gasteiger partial charge in [-0.1, -0.05) is 19.3 Å². The number of amides is 1. The van der Waals surface area contributed by atoms with Gasteiger partial charge in [-0.15, -0.1) is 0 Å². The third-order valence-corrected chi connectivity index (χ3v) is 6.41. The minimum Gasteiger partial charge on any atom is -0.348 e. The van der Waals surface area contributed by atoms with Crippen molar-refractivity contribution in [2.24, 2.45) is 0 Å². The van der Waals surface area contributed by atoms with E-state index in [1.165, 1.54) is 37.1 Å². The fourth-order valence-electron chi connectivity index (χ4n) is 5.18. The third kappa shape index (κ3) is 2.56. The maximum atomic E-state index is 13.3. The molecule has 1 amide bonds. The van der Waals surface area contributed by atoms with Crippen molar-refractivity contribution in [1.29, 1.82) is 0 Å². The van der Waals surface area contributed by atoms with Crippen molar-refractivity contribution in [3.8, 4) is 5.69 Å². The zero-order valence-corrected chi connectivity index (χ0v) is 14.9. The summed E-state index contributed by atoms with van der Waals surface area (Å²) in [4.78, 5) is 13.0. The number of carbonyl (C=O) groups is 1. The quantitative estimate of drug-likeness (QED) is 0.887. The van der Waals surface area contributed by atoms with Gasteiger partial charge in [0.05, 0.1) is 11.4 Å². The van der Waals surface area contributed by atoms with E-state index in [0.29, 0.717) is 17.5 Å². The highest BCUT2D eigenvalue weighted by Crippen LogP contribution is 2.54. The van der Waals surface area contributed by atoms with Crippen LogP contribution in [-0.4, -0.2) is 21.7 Å². The zero-order chi connectivity index (χ0) is 17.7.